The number of fused-ring (bicyclic) bond motifs is 1. The Kier molecular flexibility index (Phi) is 4.25. The van der Waals surface area contributed by atoms with Gasteiger partial charge in [-0.25, -0.2) is 0 Å². The predicted octanol–water partition coefficient (Wildman–Crippen LogP) is 2.84. The van der Waals surface area contributed by atoms with Gasteiger partial charge in [-0.3, -0.25) is 4.79 Å². The fraction of sp³-hybridized carbons (Fsp3) is 0.471. The maximum Gasteiger partial charge on any atom is 0.252 e. The third kappa shape index (κ3) is 3.10. The fourth-order valence-corrected chi connectivity index (χ4v) is 3.26. The first-order valence-electron chi connectivity index (χ1n) is 7.78. The minimum atomic E-state index is -0.431. The van der Waals surface area contributed by atoms with Crippen LogP contribution in [0.4, 0.5) is 0 Å². The number of H-pyrrole nitrogens is 1. The van der Waals surface area contributed by atoms with Gasteiger partial charge in [0.1, 0.15) is 0 Å². The molecule has 112 valence electrons. The van der Waals surface area contributed by atoms with E-state index in [-0.39, 0.29) is 5.91 Å². The largest absolute Gasteiger partial charge is 0.391 e. The molecule has 3 rings (SSSR count). The van der Waals surface area contributed by atoms with Gasteiger partial charge in [0.05, 0.1) is 6.10 Å². The summed E-state index contributed by atoms with van der Waals surface area (Å²) in [6.07, 6.45) is 7.20. The summed E-state index contributed by atoms with van der Waals surface area (Å²) < 4.78 is 0. The normalized spacial score (nSPS) is 17.8. The molecule has 2 aromatic rings. The number of benzene rings is 1. The molecule has 1 aromatic heterocycles. The molecule has 1 aliphatic rings. The van der Waals surface area contributed by atoms with Crippen molar-refractivity contribution in [1.82, 2.24) is 10.3 Å². The van der Waals surface area contributed by atoms with Crippen LogP contribution in [0.25, 0.3) is 10.9 Å². The average Bonchev–Trinajstić information content (AvgIpc) is 3.01. The lowest BCUT2D eigenvalue weighted by Crippen LogP contribution is -2.37. The zero-order valence-corrected chi connectivity index (χ0v) is 12.1. The Morgan fingerprint density at radius 2 is 2.10 bits per heavy atom. The molecule has 0 bridgehead atoms. The lowest BCUT2D eigenvalue weighted by Gasteiger charge is -2.26. The first-order valence-corrected chi connectivity index (χ1v) is 7.78. The van der Waals surface area contributed by atoms with E-state index in [9.17, 15) is 9.90 Å². The first-order chi connectivity index (χ1) is 10.3. The third-order valence-electron chi connectivity index (χ3n) is 4.51. The summed E-state index contributed by atoms with van der Waals surface area (Å²) >= 11 is 0. The monoisotopic (exact) mass is 286 g/mol. The molecule has 0 saturated heterocycles. The summed E-state index contributed by atoms with van der Waals surface area (Å²) in [5.41, 5.74) is 1.61. The molecule has 4 heteroatoms. The molecular formula is C17H22N2O2. The van der Waals surface area contributed by atoms with Gasteiger partial charge in [0.2, 0.25) is 0 Å². The molecular weight excluding hydrogens is 264 g/mol. The SMILES string of the molecule is O=C(NCC(O)C1CCCCC1)c1cccc2[nH]ccc12. The van der Waals surface area contributed by atoms with Crippen molar-refractivity contribution in [3.05, 3.63) is 36.0 Å². The average molecular weight is 286 g/mol. The van der Waals surface area contributed by atoms with E-state index < -0.39 is 6.10 Å². The number of hydrogen-bond acceptors (Lipinski definition) is 2. The van der Waals surface area contributed by atoms with Gasteiger partial charge in [-0.1, -0.05) is 25.3 Å². The number of aliphatic hydroxyl groups excluding tert-OH is 1. The van der Waals surface area contributed by atoms with E-state index in [1.165, 1.54) is 19.3 Å². The minimum Gasteiger partial charge on any atom is -0.391 e. The Morgan fingerprint density at radius 1 is 1.29 bits per heavy atom. The number of nitrogens with one attached hydrogen (secondary N) is 2. The van der Waals surface area contributed by atoms with Crippen molar-refractivity contribution < 1.29 is 9.90 Å². The van der Waals surface area contributed by atoms with E-state index in [2.05, 4.69) is 10.3 Å². The fourth-order valence-electron chi connectivity index (χ4n) is 3.26. The molecule has 1 unspecified atom stereocenters. The van der Waals surface area contributed by atoms with Crippen molar-refractivity contribution in [2.45, 2.75) is 38.2 Å². The summed E-state index contributed by atoms with van der Waals surface area (Å²) in [5.74, 6) is 0.220. The van der Waals surface area contributed by atoms with E-state index in [0.717, 1.165) is 23.7 Å². The van der Waals surface area contributed by atoms with Crippen molar-refractivity contribution in [1.29, 1.82) is 0 Å². The quantitative estimate of drug-likeness (QED) is 0.809. The second kappa shape index (κ2) is 6.31. The van der Waals surface area contributed by atoms with Gasteiger partial charge in [-0.2, -0.15) is 0 Å². The Morgan fingerprint density at radius 3 is 2.90 bits per heavy atom. The van der Waals surface area contributed by atoms with Gasteiger partial charge in [0.15, 0.2) is 0 Å². The highest BCUT2D eigenvalue weighted by Gasteiger charge is 2.22. The van der Waals surface area contributed by atoms with Crippen molar-refractivity contribution in [3.63, 3.8) is 0 Å². The highest BCUT2D eigenvalue weighted by molar-refractivity contribution is 6.06. The number of amides is 1. The molecule has 0 radical (unpaired) electrons. The summed E-state index contributed by atoms with van der Waals surface area (Å²) in [7, 11) is 0. The van der Waals surface area contributed by atoms with E-state index in [4.69, 9.17) is 0 Å². The van der Waals surface area contributed by atoms with Gasteiger partial charge >= 0.3 is 0 Å². The Hall–Kier alpha value is -1.81. The van der Waals surface area contributed by atoms with E-state index in [1.54, 1.807) is 0 Å². The number of aliphatic hydroxyl groups is 1. The second-order valence-corrected chi connectivity index (χ2v) is 5.92. The molecule has 1 aromatic carbocycles. The number of carbonyl (C=O) groups is 1. The number of hydrogen-bond donors (Lipinski definition) is 3. The highest BCUT2D eigenvalue weighted by atomic mass is 16.3. The summed E-state index contributed by atoms with van der Waals surface area (Å²) in [5, 5.41) is 14.0. The van der Waals surface area contributed by atoms with Crippen molar-refractivity contribution >= 4 is 16.8 Å². The van der Waals surface area contributed by atoms with Crippen LogP contribution in [0.2, 0.25) is 0 Å². The maximum atomic E-state index is 12.3. The number of carbonyl (C=O) groups excluding carboxylic acids is 1. The summed E-state index contributed by atoms with van der Waals surface area (Å²) in [6, 6.07) is 7.54. The molecule has 0 spiro atoms. The number of aromatic amines is 1. The van der Waals surface area contributed by atoms with E-state index >= 15 is 0 Å². The molecule has 21 heavy (non-hydrogen) atoms. The number of rotatable bonds is 4. The Balaban J connectivity index is 1.62. The van der Waals surface area contributed by atoms with E-state index in [1.807, 2.05) is 30.5 Å². The molecule has 0 aliphatic heterocycles. The van der Waals surface area contributed by atoms with Crippen LogP contribution in [0.5, 0.6) is 0 Å². The predicted molar refractivity (Wildman–Crippen MR) is 83.2 cm³/mol. The van der Waals surface area contributed by atoms with Crippen molar-refractivity contribution in [2.75, 3.05) is 6.54 Å². The van der Waals surface area contributed by atoms with Gasteiger partial charge in [0, 0.05) is 29.2 Å². The number of aromatic nitrogens is 1. The second-order valence-electron chi connectivity index (χ2n) is 5.92. The van der Waals surface area contributed by atoms with Crippen LogP contribution in [-0.2, 0) is 0 Å². The molecule has 1 heterocycles. The molecule has 1 saturated carbocycles. The molecule has 1 aliphatic carbocycles. The van der Waals surface area contributed by atoms with Gasteiger partial charge in [-0.15, -0.1) is 0 Å². The standard InChI is InChI=1S/C17H22N2O2/c20-16(12-5-2-1-3-6-12)11-19-17(21)14-7-4-8-15-13(14)9-10-18-15/h4,7-10,12,16,18,20H,1-3,5-6,11H2,(H,19,21). The Labute approximate surface area is 124 Å². The van der Waals surface area contributed by atoms with Gasteiger partial charge in [0.25, 0.3) is 5.91 Å². The molecule has 1 atom stereocenters. The lowest BCUT2D eigenvalue weighted by molar-refractivity contribution is 0.0739. The first kappa shape index (κ1) is 14.1. The molecule has 4 nitrogen and oxygen atoms in total. The van der Waals surface area contributed by atoms with Crippen LogP contribution in [0, 0.1) is 5.92 Å². The zero-order valence-electron chi connectivity index (χ0n) is 12.1. The molecule has 3 N–H and O–H groups in total. The van der Waals surface area contributed by atoms with Crippen molar-refractivity contribution in [3.8, 4) is 0 Å². The van der Waals surface area contributed by atoms with Crippen LogP contribution < -0.4 is 5.32 Å². The smallest absolute Gasteiger partial charge is 0.252 e. The van der Waals surface area contributed by atoms with Crippen LogP contribution >= 0.6 is 0 Å². The lowest BCUT2D eigenvalue weighted by atomic mass is 9.85. The van der Waals surface area contributed by atoms with Crippen LogP contribution in [0.15, 0.2) is 30.5 Å². The summed E-state index contributed by atoms with van der Waals surface area (Å²) in [4.78, 5) is 15.4. The third-order valence-corrected chi connectivity index (χ3v) is 4.51. The highest BCUT2D eigenvalue weighted by Crippen LogP contribution is 2.26. The summed E-state index contributed by atoms with van der Waals surface area (Å²) in [6.45, 7) is 0.338. The van der Waals surface area contributed by atoms with Crippen LogP contribution in [-0.4, -0.2) is 28.6 Å². The van der Waals surface area contributed by atoms with Crippen molar-refractivity contribution in [2.24, 2.45) is 5.92 Å². The van der Waals surface area contributed by atoms with Crippen LogP contribution in [0.1, 0.15) is 42.5 Å². The maximum absolute atomic E-state index is 12.3. The van der Waals surface area contributed by atoms with Crippen LogP contribution in [0.3, 0.4) is 0 Å². The van der Waals surface area contributed by atoms with Gasteiger partial charge in [-0.05, 0) is 37.0 Å². The molecule has 1 amide bonds. The van der Waals surface area contributed by atoms with E-state index in [0.29, 0.717) is 18.0 Å². The topological polar surface area (TPSA) is 65.1 Å². The Bertz CT molecular complexity index is 614. The van der Waals surface area contributed by atoms with Gasteiger partial charge < -0.3 is 15.4 Å². The minimum absolute atomic E-state index is 0.116. The molecule has 1 fully saturated rings. The zero-order chi connectivity index (χ0) is 14.7.